The fraction of sp³-hybridized carbons (Fsp3) is 0.167. The molecule has 3 aromatic heterocycles. The predicted molar refractivity (Wildman–Crippen MR) is 324 cm³/mol. The van der Waals surface area contributed by atoms with E-state index in [1.54, 1.807) is 6.07 Å². The van der Waals surface area contributed by atoms with Gasteiger partial charge in [-0.1, -0.05) is 196 Å². The van der Waals surface area contributed by atoms with E-state index in [0.29, 0.717) is 11.4 Å². The second-order valence-electron chi connectivity index (χ2n) is 23.7. The van der Waals surface area contributed by atoms with Crippen molar-refractivity contribution in [3.8, 4) is 84.3 Å². The van der Waals surface area contributed by atoms with Gasteiger partial charge in [0.25, 0.3) is 0 Å². The number of aromatic hydroxyl groups is 1. The molecule has 0 radical (unpaired) electrons. The summed E-state index contributed by atoms with van der Waals surface area (Å²) in [6.45, 7) is 20.5. The first-order valence-corrected chi connectivity index (χ1v) is 26.9. The van der Waals surface area contributed by atoms with Crippen LogP contribution >= 0.6 is 0 Å². The van der Waals surface area contributed by atoms with Crippen molar-refractivity contribution < 1.29 is 5.11 Å². The van der Waals surface area contributed by atoms with E-state index in [1.165, 1.54) is 38.5 Å². The van der Waals surface area contributed by atoms with Gasteiger partial charge in [0.15, 0.2) is 0 Å². The van der Waals surface area contributed by atoms with Crippen molar-refractivity contribution in [1.29, 1.82) is 0 Å². The van der Waals surface area contributed by atoms with Crippen LogP contribution in [0.15, 0.2) is 219 Å². The molecular formula is C72H64N4O. The van der Waals surface area contributed by atoms with Gasteiger partial charge in [0.1, 0.15) is 11.6 Å². The summed E-state index contributed by atoms with van der Waals surface area (Å²) in [5.74, 6) is 0.851. The quantitative estimate of drug-likeness (QED) is 0.165. The lowest BCUT2D eigenvalue weighted by Gasteiger charge is -2.27. The summed E-state index contributed by atoms with van der Waals surface area (Å²) in [7, 11) is 0. The average molecular weight is 1000 g/mol. The molecule has 0 aliphatic carbocycles. The number of para-hydroxylation sites is 5. The molecule has 1 N–H and O–H groups in total. The first-order valence-electron chi connectivity index (χ1n) is 26.9. The molecule has 12 aromatic rings. The number of rotatable bonds is 8. The van der Waals surface area contributed by atoms with Gasteiger partial charge in [0, 0.05) is 45.0 Å². The molecule has 5 nitrogen and oxygen atoms in total. The van der Waals surface area contributed by atoms with Crippen molar-refractivity contribution in [3.05, 3.63) is 235 Å². The predicted octanol–water partition coefficient (Wildman–Crippen LogP) is 19.1. The van der Waals surface area contributed by atoms with E-state index in [1.807, 2.05) is 24.4 Å². The van der Waals surface area contributed by atoms with Gasteiger partial charge in [0.2, 0.25) is 0 Å². The third kappa shape index (κ3) is 9.00. The second-order valence-corrected chi connectivity index (χ2v) is 23.7. The van der Waals surface area contributed by atoms with Crippen LogP contribution in [0.5, 0.6) is 5.75 Å². The number of nitrogens with zero attached hydrogens (tertiary/aromatic N) is 4. The zero-order chi connectivity index (χ0) is 53.4. The van der Waals surface area contributed by atoms with Crippen LogP contribution in [0.2, 0.25) is 0 Å². The summed E-state index contributed by atoms with van der Waals surface area (Å²) in [6, 6.07) is 76.1. The third-order valence-corrected chi connectivity index (χ3v) is 15.3. The lowest BCUT2D eigenvalue weighted by Crippen LogP contribution is -2.17. The van der Waals surface area contributed by atoms with Gasteiger partial charge >= 0.3 is 0 Å². The van der Waals surface area contributed by atoms with Crippen LogP contribution in [0, 0.1) is 0 Å². The largest absolute Gasteiger partial charge is 0.507 e. The Bertz CT molecular complexity index is 4180. The van der Waals surface area contributed by atoms with Gasteiger partial charge in [-0.3, -0.25) is 9.55 Å². The normalized spacial score (nSPS) is 12.3. The van der Waals surface area contributed by atoms with Gasteiger partial charge in [-0.2, -0.15) is 0 Å². The second kappa shape index (κ2) is 18.8. The number of aromatic nitrogens is 4. The average Bonchev–Trinajstić information content (AvgIpc) is 4.22. The number of fused-ring (bicyclic) bond motifs is 4. The lowest BCUT2D eigenvalue weighted by molar-refractivity contribution is 0.477. The Balaban J connectivity index is 1.13. The summed E-state index contributed by atoms with van der Waals surface area (Å²) in [4.78, 5) is 10.8. The van der Waals surface area contributed by atoms with Gasteiger partial charge in [-0.25, -0.2) is 4.98 Å². The number of imidazole rings is 1. The number of hydrogen-bond donors (Lipinski definition) is 1. The summed E-state index contributed by atoms with van der Waals surface area (Å²) >= 11 is 0. The number of benzene rings is 9. The number of phenols is 1. The number of pyridine rings is 1. The van der Waals surface area contributed by atoms with E-state index in [-0.39, 0.29) is 22.0 Å². The first kappa shape index (κ1) is 49.1. The Morgan fingerprint density at radius 1 is 0.364 bits per heavy atom. The fourth-order valence-electron chi connectivity index (χ4n) is 11.1. The molecule has 378 valence electrons. The van der Waals surface area contributed by atoms with Crippen LogP contribution in [0.25, 0.3) is 111 Å². The number of phenolic OH excluding ortho intramolecular Hbond substituents is 1. The van der Waals surface area contributed by atoms with Crippen molar-refractivity contribution in [2.24, 2.45) is 0 Å². The molecule has 0 spiro atoms. The van der Waals surface area contributed by atoms with Crippen LogP contribution in [0.4, 0.5) is 0 Å². The molecular weight excluding hydrogens is 937 g/mol. The Morgan fingerprint density at radius 3 is 1.66 bits per heavy atom. The van der Waals surface area contributed by atoms with Gasteiger partial charge in [0.05, 0.1) is 33.3 Å². The van der Waals surface area contributed by atoms with Gasteiger partial charge in [-0.15, -0.1) is 0 Å². The zero-order valence-corrected chi connectivity index (χ0v) is 45.5. The van der Waals surface area contributed by atoms with Crippen LogP contribution < -0.4 is 0 Å². The molecule has 0 atom stereocenters. The van der Waals surface area contributed by atoms with E-state index in [2.05, 4.69) is 260 Å². The SMILES string of the molecule is CC(C)(C)c1cc(-n2c(-c3ccccc3O)nc3c(-c4cc(-c5cc(-c6cccc7c8ccccc8n(-c8ccccc8)c67)ccn5)cc(-c5ccc(C(C)(C)C)cc5-c5ccccc5)c4)cccc32)cc(C(C)(C)C)c1. The molecule has 0 unspecified atom stereocenters. The van der Waals surface area contributed by atoms with Crippen molar-refractivity contribution in [2.45, 2.75) is 78.6 Å². The van der Waals surface area contributed by atoms with Gasteiger partial charge < -0.3 is 9.67 Å². The molecule has 77 heavy (non-hydrogen) atoms. The minimum absolute atomic E-state index is 0.0616. The molecule has 0 fully saturated rings. The smallest absolute Gasteiger partial charge is 0.149 e. The van der Waals surface area contributed by atoms with Crippen molar-refractivity contribution in [2.75, 3.05) is 0 Å². The van der Waals surface area contributed by atoms with Crippen LogP contribution in [0.3, 0.4) is 0 Å². The monoisotopic (exact) mass is 1000 g/mol. The minimum atomic E-state index is -0.120. The minimum Gasteiger partial charge on any atom is -0.507 e. The Labute approximate surface area is 452 Å². The lowest BCUT2D eigenvalue weighted by atomic mass is 9.80. The molecule has 3 heterocycles. The Morgan fingerprint density at radius 2 is 0.948 bits per heavy atom. The van der Waals surface area contributed by atoms with E-state index in [0.717, 1.165) is 78.1 Å². The molecule has 0 aliphatic rings. The fourth-order valence-corrected chi connectivity index (χ4v) is 11.1. The maximum Gasteiger partial charge on any atom is 0.149 e. The van der Waals surface area contributed by atoms with Gasteiger partial charge in [-0.05, 0) is 145 Å². The maximum atomic E-state index is 11.6. The molecule has 0 amide bonds. The molecule has 5 heteroatoms. The van der Waals surface area contributed by atoms with E-state index in [9.17, 15) is 5.11 Å². The standard InChI is InChI=1S/C72H64N4O/c1-70(2,3)51-34-35-56(62(45-51)46-22-12-10-13-23-46)48-38-49(40-50(39-48)63-41-47(36-37-73-63)58-29-20-30-60-59-26-16-18-31-64(59)75(68(58)60)54-24-14-11-15-25-54)57-28-21-32-65-67(57)74-69(61-27-17-19-33-66(61)77)76(65)55-43-52(71(4,5)6)42-53(44-55)72(7,8)9/h10-45,77H,1-9H3. The van der Waals surface area contributed by atoms with Crippen molar-refractivity contribution >= 4 is 32.8 Å². The highest BCUT2D eigenvalue weighted by molar-refractivity contribution is 6.14. The highest BCUT2D eigenvalue weighted by Crippen LogP contribution is 2.45. The van der Waals surface area contributed by atoms with E-state index in [4.69, 9.17) is 9.97 Å². The summed E-state index contributed by atoms with van der Waals surface area (Å²) < 4.78 is 4.65. The first-order chi connectivity index (χ1) is 37.0. The van der Waals surface area contributed by atoms with Crippen molar-refractivity contribution in [3.63, 3.8) is 0 Å². The van der Waals surface area contributed by atoms with E-state index >= 15 is 0 Å². The van der Waals surface area contributed by atoms with Crippen LogP contribution in [-0.2, 0) is 16.2 Å². The molecule has 9 aromatic carbocycles. The third-order valence-electron chi connectivity index (χ3n) is 15.3. The van der Waals surface area contributed by atoms with E-state index < -0.39 is 0 Å². The zero-order valence-electron chi connectivity index (χ0n) is 45.5. The molecule has 0 bridgehead atoms. The van der Waals surface area contributed by atoms with Crippen molar-refractivity contribution in [1.82, 2.24) is 19.1 Å². The van der Waals surface area contributed by atoms with Crippen LogP contribution in [0.1, 0.15) is 79.0 Å². The molecule has 0 saturated carbocycles. The maximum absolute atomic E-state index is 11.6. The summed E-state index contributed by atoms with van der Waals surface area (Å²) in [6.07, 6.45) is 1.96. The summed E-state index contributed by atoms with van der Waals surface area (Å²) in [5.41, 5.74) is 20.9. The topological polar surface area (TPSA) is 55.9 Å². The van der Waals surface area contributed by atoms with Crippen LogP contribution in [-0.4, -0.2) is 24.2 Å². The Kier molecular flexibility index (Phi) is 12.0. The highest BCUT2D eigenvalue weighted by Gasteiger charge is 2.26. The molecule has 0 aliphatic heterocycles. The molecule has 12 rings (SSSR count). The number of hydrogen-bond acceptors (Lipinski definition) is 3. The summed E-state index contributed by atoms with van der Waals surface area (Å²) in [5, 5.41) is 14.1. The highest BCUT2D eigenvalue weighted by atomic mass is 16.3. The molecule has 0 saturated heterocycles. The Hall–Kier alpha value is -8.80.